The van der Waals surface area contributed by atoms with Gasteiger partial charge in [-0.05, 0) is 43.9 Å². The standard InChI is InChI=1S/C16H23N3O2/c1-2-15(20)18-13-4-3-5-14(10-13)19-16(21)11-6-8-12(17)9-7-11/h3-5,10-12H,2,6-9,17H2,1H3,(H,18,20)(H,19,21). The van der Waals surface area contributed by atoms with E-state index in [0.29, 0.717) is 17.8 Å². The summed E-state index contributed by atoms with van der Waals surface area (Å²) in [6.45, 7) is 1.80. The van der Waals surface area contributed by atoms with E-state index in [9.17, 15) is 9.59 Å². The summed E-state index contributed by atoms with van der Waals surface area (Å²) >= 11 is 0. The Morgan fingerprint density at radius 1 is 1.14 bits per heavy atom. The number of hydrogen-bond acceptors (Lipinski definition) is 3. The minimum absolute atomic E-state index is 0.0405. The molecular formula is C16H23N3O2. The van der Waals surface area contributed by atoms with Crippen LogP contribution in [0.3, 0.4) is 0 Å². The van der Waals surface area contributed by atoms with Gasteiger partial charge in [0.05, 0.1) is 0 Å². The van der Waals surface area contributed by atoms with E-state index in [1.54, 1.807) is 13.0 Å². The lowest BCUT2D eigenvalue weighted by molar-refractivity contribution is -0.120. The quantitative estimate of drug-likeness (QED) is 0.796. The average Bonchev–Trinajstić information content (AvgIpc) is 2.48. The largest absolute Gasteiger partial charge is 0.328 e. The summed E-state index contributed by atoms with van der Waals surface area (Å²) in [5.74, 6) is 0.0410. The van der Waals surface area contributed by atoms with E-state index in [0.717, 1.165) is 25.7 Å². The summed E-state index contributed by atoms with van der Waals surface area (Å²) < 4.78 is 0. The van der Waals surface area contributed by atoms with Crippen LogP contribution in [-0.4, -0.2) is 17.9 Å². The number of carbonyl (C=O) groups excluding carboxylic acids is 2. The molecule has 1 saturated carbocycles. The van der Waals surface area contributed by atoms with E-state index in [1.807, 2.05) is 18.2 Å². The second kappa shape index (κ2) is 7.22. The molecule has 2 rings (SSSR count). The van der Waals surface area contributed by atoms with E-state index >= 15 is 0 Å². The monoisotopic (exact) mass is 289 g/mol. The van der Waals surface area contributed by atoms with E-state index in [2.05, 4.69) is 10.6 Å². The van der Waals surface area contributed by atoms with Crippen LogP contribution in [0.5, 0.6) is 0 Å². The first-order chi connectivity index (χ1) is 10.1. The molecule has 5 heteroatoms. The molecule has 1 aromatic rings. The van der Waals surface area contributed by atoms with Crippen LogP contribution >= 0.6 is 0 Å². The number of carbonyl (C=O) groups is 2. The highest BCUT2D eigenvalue weighted by atomic mass is 16.2. The third-order valence-corrected chi connectivity index (χ3v) is 3.88. The molecular weight excluding hydrogens is 266 g/mol. The lowest BCUT2D eigenvalue weighted by Crippen LogP contribution is -2.32. The van der Waals surface area contributed by atoms with Crippen molar-refractivity contribution in [2.75, 3.05) is 10.6 Å². The molecule has 4 N–H and O–H groups in total. The van der Waals surface area contributed by atoms with E-state index in [4.69, 9.17) is 5.73 Å². The first kappa shape index (κ1) is 15.5. The minimum Gasteiger partial charge on any atom is -0.328 e. The molecule has 0 aromatic heterocycles. The van der Waals surface area contributed by atoms with Crippen LogP contribution in [-0.2, 0) is 9.59 Å². The summed E-state index contributed by atoms with van der Waals surface area (Å²) in [6.07, 6.45) is 3.94. The number of amides is 2. The van der Waals surface area contributed by atoms with Crippen molar-refractivity contribution in [2.45, 2.75) is 45.1 Å². The van der Waals surface area contributed by atoms with Crippen molar-refractivity contribution in [1.29, 1.82) is 0 Å². The number of benzene rings is 1. The normalized spacial score (nSPS) is 21.6. The van der Waals surface area contributed by atoms with Crippen LogP contribution in [0.25, 0.3) is 0 Å². The molecule has 2 amide bonds. The number of nitrogens with one attached hydrogen (secondary N) is 2. The Labute approximate surface area is 125 Å². The minimum atomic E-state index is -0.0419. The van der Waals surface area contributed by atoms with Crippen molar-refractivity contribution in [2.24, 2.45) is 11.7 Å². The summed E-state index contributed by atoms with van der Waals surface area (Å²) in [5.41, 5.74) is 7.27. The molecule has 0 heterocycles. The Balaban J connectivity index is 1.94. The van der Waals surface area contributed by atoms with Gasteiger partial charge in [0.15, 0.2) is 0 Å². The van der Waals surface area contributed by atoms with Gasteiger partial charge < -0.3 is 16.4 Å². The highest BCUT2D eigenvalue weighted by molar-refractivity contribution is 5.94. The smallest absolute Gasteiger partial charge is 0.227 e. The van der Waals surface area contributed by atoms with Crippen LogP contribution in [0.15, 0.2) is 24.3 Å². The zero-order valence-corrected chi connectivity index (χ0v) is 12.4. The van der Waals surface area contributed by atoms with Gasteiger partial charge in [-0.2, -0.15) is 0 Å². The van der Waals surface area contributed by atoms with E-state index < -0.39 is 0 Å². The highest BCUT2D eigenvalue weighted by Gasteiger charge is 2.24. The van der Waals surface area contributed by atoms with Crippen molar-refractivity contribution >= 4 is 23.2 Å². The van der Waals surface area contributed by atoms with Crippen molar-refractivity contribution in [3.05, 3.63) is 24.3 Å². The molecule has 1 aliphatic carbocycles. The number of hydrogen-bond donors (Lipinski definition) is 3. The van der Waals surface area contributed by atoms with Crippen LogP contribution in [0.2, 0.25) is 0 Å². The Morgan fingerprint density at radius 2 is 1.76 bits per heavy atom. The third kappa shape index (κ3) is 4.56. The first-order valence-corrected chi connectivity index (χ1v) is 7.55. The maximum atomic E-state index is 12.2. The zero-order chi connectivity index (χ0) is 15.2. The molecule has 0 atom stereocenters. The van der Waals surface area contributed by atoms with Crippen LogP contribution in [0.1, 0.15) is 39.0 Å². The maximum absolute atomic E-state index is 12.2. The molecule has 1 aromatic carbocycles. The predicted octanol–water partition coefficient (Wildman–Crippen LogP) is 2.49. The second-order valence-electron chi connectivity index (χ2n) is 5.58. The Morgan fingerprint density at radius 3 is 2.38 bits per heavy atom. The Hall–Kier alpha value is -1.88. The summed E-state index contributed by atoms with van der Waals surface area (Å²) in [5, 5.41) is 5.71. The maximum Gasteiger partial charge on any atom is 0.227 e. The van der Waals surface area contributed by atoms with Gasteiger partial charge in [0, 0.05) is 29.8 Å². The third-order valence-electron chi connectivity index (χ3n) is 3.88. The van der Waals surface area contributed by atoms with Gasteiger partial charge in [0.2, 0.25) is 11.8 Å². The summed E-state index contributed by atoms with van der Waals surface area (Å²) in [4.78, 5) is 23.6. The number of nitrogens with two attached hydrogens (primary N) is 1. The van der Waals surface area contributed by atoms with Crippen LogP contribution in [0.4, 0.5) is 11.4 Å². The van der Waals surface area contributed by atoms with Gasteiger partial charge in [-0.25, -0.2) is 0 Å². The van der Waals surface area contributed by atoms with Crippen LogP contribution in [0, 0.1) is 5.92 Å². The summed E-state index contributed by atoms with van der Waals surface area (Å²) in [7, 11) is 0. The number of anilines is 2. The van der Waals surface area contributed by atoms with Crippen LogP contribution < -0.4 is 16.4 Å². The fourth-order valence-electron chi connectivity index (χ4n) is 2.55. The molecule has 0 aliphatic heterocycles. The molecule has 21 heavy (non-hydrogen) atoms. The zero-order valence-electron chi connectivity index (χ0n) is 12.4. The molecule has 114 valence electrons. The number of rotatable bonds is 4. The van der Waals surface area contributed by atoms with Crippen molar-refractivity contribution in [1.82, 2.24) is 0 Å². The van der Waals surface area contributed by atoms with E-state index in [1.165, 1.54) is 0 Å². The fourth-order valence-corrected chi connectivity index (χ4v) is 2.55. The average molecular weight is 289 g/mol. The van der Waals surface area contributed by atoms with E-state index in [-0.39, 0.29) is 23.8 Å². The van der Waals surface area contributed by atoms with Crippen molar-refractivity contribution in [3.63, 3.8) is 0 Å². The van der Waals surface area contributed by atoms with Gasteiger partial charge in [-0.15, -0.1) is 0 Å². The summed E-state index contributed by atoms with van der Waals surface area (Å²) in [6, 6.07) is 7.47. The topological polar surface area (TPSA) is 84.2 Å². The van der Waals surface area contributed by atoms with Crippen molar-refractivity contribution in [3.8, 4) is 0 Å². The highest BCUT2D eigenvalue weighted by Crippen LogP contribution is 2.25. The SMILES string of the molecule is CCC(=O)Nc1cccc(NC(=O)C2CCC(N)CC2)c1. The van der Waals surface area contributed by atoms with Gasteiger partial charge >= 0.3 is 0 Å². The first-order valence-electron chi connectivity index (χ1n) is 7.55. The molecule has 0 radical (unpaired) electrons. The second-order valence-corrected chi connectivity index (χ2v) is 5.58. The molecule has 1 aliphatic rings. The lowest BCUT2D eigenvalue weighted by atomic mass is 9.86. The van der Waals surface area contributed by atoms with Gasteiger partial charge in [0.25, 0.3) is 0 Å². The Kier molecular flexibility index (Phi) is 5.33. The fraction of sp³-hybridized carbons (Fsp3) is 0.500. The predicted molar refractivity (Wildman–Crippen MR) is 83.9 cm³/mol. The van der Waals surface area contributed by atoms with Gasteiger partial charge in [-0.1, -0.05) is 13.0 Å². The molecule has 5 nitrogen and oxygen atoms in total. The molecule has 0 saturated heterocycles. The molecule has 0 unspecified atom stereocenters. The molecule has 1 fully saturated rings. The Bertz CT molecular complexity index is 508. The van der Waals surface area contributed by atoms with Crippen molar-refractivity contribution < 1.29 is 9.59 Å². The molecule has 0 bridgehead atoms. The lowest BCUT2D eigenvalue weighted by Gasteiger charge is -2.25. The van der Waals surface area contributed by atoms with Gasteiger partial charge in [-0.3, -0.25) is 9.59 Å². The molecule has 0 spiro atoms. The van der Waals surface area contributed by atoms with Gasteiger partial charge in [0.1, 0.15) is 0 Å².